The smallest absolute Gasteiger partial charge is 0.269 e. The first-order chi connectivity index (χ1) is 9.09. The number of hydrogen-bond donors (Lipinski definition) is 0. The Kier molecular flexibility index (Phi) is 4.85. The minimum absolute atomic E-state index is 0. The summed E-state index contributed by atoms with van der Waals surface area (Å²) in [6, 6.07) is 13.3. The van der Waals surface area contributed by atoms with Crippen LogP contribution in [0.1, 0.15) is 11.1 Å². The van der Waals surface area contributed by atoms with E-state index in [4.69, 9.17) is 0 Å². The van der Waals surface area contributed by atoms with Crippen LogP contribution in [-0.4, -0.2) is 9.85 Å². The molecule has 0 bridgehead atoms. The zero-order valence-electron chi connectivity index (χ0n) is 10.3. The third-order valence-electron chi connectivity index (χ3n) is 2.71. The van der Waals surface area contributed by atoms with Crippen LogP contribution in [0.4, 0.5) is 16.1 Å². The predicted octanol–water partition coefficient (Wildman–Crippen LogP) is 3.25. The van der Waals surface area contributed by atoms with E-state index in [1.165, 1.54) is 12.1 Å². The molecule has 6 nitrogen and oxygen atoms in total. The summed E-state index contributed by atoms with van der Waals surface area (Å²) in [5.41, 5.74) is 0.297. The Morgan fingerprint density at radius 1 is 0.850 bits per heavy atom. The molecule has 0 heterocycles. The van der Waals surface area contributed by atoms with Crippen LogP contribution in [0.15, 0.2) is 48.5 Å². The van der Waals surface area contributed by atoms with Gasteiger partial charge in [0.15, 0.2) is 0 Å². The van der Waals surface area contributed by atoms with Crippen LogP contribution < -0.4 is 0 Å². The van der Waals surface area contributed by atoms with Gasteiger partial charge >= 0.3 is 11.4 Å². The van der Waals surface area contributed by atoms with Crippen molar-refractivity contribution in [2.24, 2.45) is 0 Å². The monoisotopic (exact) mass is 278 g/mol. The molecule has 0 aliphatic rings. The van der Waals surface area contributed by atoms with Crippen molar-refractivity contribution >= 4 is 11.4 Å². The fourth-order valence-corrected chi connectivity index (χ4v) is 1.89. The quantitative estimate of drug-likeness (QED) is 0.634. The van der Waals surface area contributed by atoms with Gasteiger partial charge in [-0.2, -0.15) is 0 Å². The van der Waals surface area contributed by atoms with Gasteiger partial charge in [0, 0.05) is 18.1 Å². The molecule has 2 aromatic carbocycles. The first kappa shape index (κ1) is 15.2. The molecule has 0 saturated heterocycles. The van der Waals surface area contributed by atoms with Gasteiger partial charge in [-0.15, -0.1) is 0 Å². The van der Waals surface area contributed by atoms with Crippen LogP contribution in [0, 0.1) is 20.2 Å². The van der Waals surface area contributed by atoms with Gasteiger partial charge in [0.05, 0.1) is 9.85 Å². The van der Waals surface area contributed by atoms with Crippen molar-refractivity contribution in [3.63, 3.8) is 0 Å². The predicted molar refractivity (Wildman–Crippen MR) is 71.5 cm³/mol. The highest BCUT2D eigenvalue weighted by Crippen LogP contribution is 2.31. The minimum atomic E-state index is -0.730. The fraction of sp³-hybridized carbons (Fsp3) is 0.0769. The van der Waals surface area contributed by atoms with E-state index in [-0.39, 0.29) is 4.70 Å². The normalized spacial score (nSPS) is 9.60. The molecule has 20 heavy (non-hydrogen) atoms. The summed E-state index contributed by atoms with van der Waals surface area (Å²) in [5.74, 6) is 0. The maximum Gasteiger partial charge on any atom is 0.349 e. The third-order valence-corrected chi connectivity index (χ3v) is 2.71. The Hall–Kier alpha value is -2.83. The second-order valence-corrected chi connectivity index (χ2v) is 3.96. The van der Waals surface area contributed by atoms with Crippen molar-refractivity contribution in [1.82, 2.24) is 0 Å². The van der Waals surface area contributed by atoms with E-state index in [0.29, 0.717) is 12.0 Å². The first-order valence-electron chi connectivity index (χ1n) is 5.54. The Balaban J connectivity index is 0.00000200. The van der Waals surface area contributed by atoms with E-state index < -0.39 is 21.2 Å². The molecule has 0 fully saturated rings. The van der Waals surface area contributed by atoms with Crippen molar-refractivity contribution in [3.8, 4) is 0 Å². The van der Waals surface area contributed by atoms with E-state index in [1.54, 1.807) is 0 Å². The van der Waals surface area contributed by atoms with Gasteiger partial charge in [-0.1, -0.05) is 42.5 Å². The largest absolute Gasteiger partial charge is 0.349 e. The van der Waals surface area contributed by atoms with Gasteiger partial charge in [-0.05, 0) is 5.56 Å². The SMILES string of the molecule is F.O=[N+]([O-])c1cccc(Cc2ccccc2)c1[N+](=O)[O-]. The lowest BCUT2D eigenvalue weighted by Crippen LogP contribution is -2.01. The number of nitrogens with zero attached hydrogens (tertiary/aromatic N) is 2. The van der Waals surface area contributed by atoms with Crippen molar-refractivity contribution in [2.75, 3.05) is 0 Å². The first-order valence-corrected chi connectivity index (χ1v) is 5.54. The minimum Gasteiger partial charge on any atom is -0.269 e. The Morgan fingerprint density at radius 3 is 2.05 bits per heavy atom. The van der Waals surface area contributed by atoms with Crippen molar-refractivity contribution in [3.05, 3.63) is 79.9 Å². The highest BCUT2D eigenvalue weighted by atomic mass is 19.0. The van der Waals surface area contributed by atoms with Gasteiger partial charge in [0.2, 0.25) is 0 Å². The zero-order valence-corrected chi connectivity index (χ0v) is 10.3. The lowest BCUT2D eigenvalue weighted by atomic mass is 10.0. The average molecular weight is 278 g/mol. The standard InChI is InChI=1S/C13H10N2O4.FH/c16-14(17)12-8-4-7-11(13(12)15(18)19)9-10-5-2-1-3-6-10;/h1-8H,9H2;1H. The molecular formula is C13H11FN2O4. The van der Waals surface area contributed by atoms with Crippen LogP contribution in [0.25, 0.3) is 0 Å². The second kappa shape index (κ2) is 6.37. The molecule has 0 unspecified atom stereocenters. The molecule has 2 aromatic rings. The van der Waals surface area contributed by atoms with Gasteiger partial charge in [0.25, 0.3) is 0 Å². The number of para-hydroxylation sites is 1. The van der Waals surface area contributed by atoms with Gasteiger partial charge < -0.3 is 0 Å². The third kappa shape index (κ3) is 3.14. The lowest BCUT2D eigenvalue weighted by Gasteiger charge is -2.03. The van der Waals surface area contributed by atoms with E-state index in [1.807, 2.05) is 30.3 Å². The number of nitro benzene ring substituents is 2. The van der Waals surface area contributed by atoms with Crippen molar-refractivity contribution in [2.45, 2.75) is 6.42 Å². The van der Waals surface area contributed by atoms with E-state index >= 15 is 0 Å². The van der Waals surface area contributed by atoms with Gasteiger partial charge in [-0.3, -0.25) is 24.9 Å². The Morgan fingerprint density at radius 2 is 1.50 bits per heavy atom. The number of halogens is 1. The summed E-state index contributed by atoms with van der Waals surface area (Å²) in [6.07, 6.45) is 0.291. The lowest BCUT2D eigenvalue weighted by molar-refractivity contribution is -0.422. The molecule has 0 N–H and O–H groups in total. The molecule has 104 valence electrons. The summed E-state index contributed by atoms with van der Waals surface area (Å²) >= 11 is 0. The number of rotatable bonds is 4. The molecule has 0 amide bonds. The molecule has 0 aromatic heterocycles. The topological polar surface area (TPSA) is 86.3 Å². The molecule has 0 saturated carbocycles. The number of benzene rings is 2. The molecule has 0 radical (unpaired) electrons. The Bertz CT molecular complexity index is 632. The molecular weight excluding hydrogens is 267 g/mol. The summed E-state index contributed by atoms with van der Waals surface area (Å²) < 4.78 is 0. The van der Waals surface area contributed by atoms with Crippen LogP contribution in [0.5, 0.6) is 0 Å². The fourth-order valence-electron chi connectivity index (χ4n) is 1.89. The number of hydrogen-bond acceptors (Lipinski definition) is 4. The summed E-state index contributed by atoms with van der Waals surface area (Å²) in [6.45, 7) is 0. The van der Waals surface area contributed by atoms with E-state index in [0.717, 1.165) is 11.6 Å². The number of nitro groups is 2. The van der Waals surface area contributed by atoms with Crippen molar-refractivity contribution in [1.29, 1.82) is 0 Å². The zero-order chi connectivity index (χ0) is 13.8. The maximum absolute atomic E-state index is 11.0. The summed E-state index contributed by atoms with van der Waals surface area (Å²) in [4.78, 5) is 20.4. The average Bonchev–Trinajstić information content (AvgIpc) is 2.39. The highest BCUT2D eigenvalue weighted by Gasteiger charge is 2.27. The summed E-state index contributed by atoms with van der Waals surface area (Å²) in [7, 11) is 0. The molecule has 2 rings (SSSR count). The summed E-state index contributed by atoms with van der Waals surface area (Å²) in [5, 5.41) is 21.9. The van der Waals surface area contributed by atoms with Crippen LogP contribution >= 0.6 is 0 Å². The molecule has 0 atom stereocenters. The van der Waals surface area contributed by atoms with Gasteiger partial charge in [-0.25, -0.2) is 0 Å². The molecule has 0 aliphatic heterocycles. The van der Waals surface area contributed by atoms with Crippen LogP contribution in [-0.2, 0) is 6.42 Å². The second-order valence-electron chi connectivity index (χ2n) is 3.96. The van der Waals surface area contributed by atoms with E-state index in [2.05, 4.69) is 0 Å². The van der Waals surface area contributed by atoms with Crippen LogP contribution in [0.2, 0.25) is 0 Å². The van der Waals surface area contributed by atoms with Crippen LogP contribution in [0.3, 0.4) is 0 Å². The van der Waals surface area contributed by atoms with Crippen molar-refractivity contribution < 1.29 is 14.6 Å². The maximum atomic E-state index is 11.0. The Labute approximate surface area is 113 Å². The van der Waals surface area contributed by atoms with E-state index in [9.17, 15) is 20.2 Å². The van der Waals surface area contributed by atoms with Gasteiger partial charge in [0.1, 0.15) is 0 Å². The molecule has 0 spiro atoms. The molecule has 0 aliphatic carbocycles. The highest BCUT2D eigenvalue weighted by molar-refractivity contribution is 5.58. The molecule has 7 heteroatoms.